The molecule has 1 fully saturated rings. The van der Waals surface area contributed by atoms with Crippen LogP contribution in [0, 0.1) is 17.3 Å². The van der Waals surface area contributed by atoms with Gasteiger partial charge in [-0.3, -0.25) is 9.69 Å². The van der Waals surface area contributed by atoms with Gasteiger partial charge in [0.2, 0.25) is 0 Å². The van der Waals surface area contributed by atoms with E-state index < -0.39 is 0 Å². The van der Waals surface area contributed by atoms with Gasteiger partial charge < -0.3 is 9.64 Å². The van der Waals surface area contributed by atoms with Gasteiger partial charge in [-0.05, 0) is 30.5 Å². The molecule has 142 valence electrons. The quantitative estimate of drug-likeness (QED) is 0.756. The Kier molecular flexibility index (Phi) is 6.06. The first-order valence-electron chi connectivity index (χ1n) is 9.68. The summed E-state index contributed by atoms with van der Waals surface area (Å²) >= 11 is 1.65. The third kappa shape index (κ3) is 4.14. The number of fused-ring (bicyclic) bond motifs is 1. The number of ether oxygens (including phenoxy) is 1. The van der Waals surface area contributed by atoms with Crippen LogP contribution in [-0.2, 0) is 11.2 Å². The van der Waals surface area contributed by atoms with Gasteiger partial charge in [0.25, 0.3) is 0 Å². The molecule has 2 heterocycles. The van der Waals surface area contributed by atoms with E-state index in [1.54, 1.807) is 11.3 Å². The van der Waals surface area contributed by atoms with E-state index in [0.717, 1.165) is 62.8 Å². The summed E-state index contributed by atoms with van der Waals surface area (Å²) in [7, 11) is 0. The molecule has 1 aliphatic heterocycles. The van der Waals surface area contributed by atoms with Crippen LogP contribution in [0.3, 0.4) is 0 Å². The second kappa shape index (κ2) is 8.12. The SMILES string of the molecule is CCN(CC)CC#Cc1c(N2CCOCC2)sc2c1CC(C)(C)CC2=O. The predicted octanol–water partition coefficient (Wildman–Crippen LogP) is 3.43. The van der Waals surface area contributed by atoms with Crippen molar-refractivity contribution in [2.75, 3.05) is 50.8 Å². The monoisotopic (exact) mass is 374 g/mol. The van der Waals surface area contributed by atoms with Crippen LogP contribution in [0.1, 0.15) is 54.9 Å². The van der Waals surface area contributed by atoms with Crippen molar-refractivity contribution in [3.8, 4) is 11.8 Å². The van der Waals surface area contributed by atoms with Crippen LogP contribution in [0.15, 0.2) is 0 Å². The Hall–Kier alpha value is -1.35. The molecule has 0 atom stereocenters. The van der Waals surface area contributed by atoms with Crippen molar-refractivity contribution >= 4 is 22.1 Å². The lowest BCUT2D eigenvalue weighted by Crippen LogP contribution is -2.36. The zero-order chi connectivity index (χ0) is 18.7. The number of anilines is 1. The van der Waals surface area contributed by atoms with E-state index in [2.05, 4.69) is 49.3 Å². The molecule has 1 aromatic rings. The molecule has 0 aromatic carbocycles. The number of carbonyl (C=O) groups excluding carboxylic acids is 1. The Bertz CT molecular complexity index is 716. The van der Waals surface area contributed by atoms with Crippen molar-refractivity contribution in [2.45, 2.75) is 40.5 Å². The van der Waals surface area contributed by atoms with Gasteiger partial charge in [-0.15, -0.1) is 11.3 Å². The van der Waals surface area contributed by atoms with Gasteiger partial charge in [0.05, 0.1) is 30.2 Å². The zero-order valence-electron chi connectivity index (χ0n) is 16.5. The van der Waals surface area contributed by atoms with E-state index in [9.17, 15) is 4.79 Å². The molecule has 0 unspecified atom stereocenters. The fraction of sp³-hybridized carbons (Fsp3) is 0.667. The number of morpholine rings is 1. The lowest BCUT2D eigenvalue weighted by atomic mass is 9.75. The van der Waals surface area contributed by atoms with Crippen LogP contribution >= 0.6 is 11.3 Å². The molecule has 1 aromatic heterocycles. The minimum Gasteiger partial charge on any atom is -0.378 e. The summed E-state index contributed by atoms with van der Waals surface area (Å²) in [5.74, 6) is 7.12. The lowest BCUT2D eigenvalue weighted by Gasteiger charge is -2.29. The summed E-state index contributed by atoms with van der Waals surface area (Å²) in [6.07, 6.45) is 1.57. The number of hydrogen-bond acceptors (Lipinski definition) is 5. The van der Waals surface area contributed by atoms with Crippen LogP contribution in [0.2, 0.25) is 0 Å². The Balaban J connectivity index is 1.99. The average Bonchev–Trinajstić information content (AvgIpc) is 2.97. The molecule has 1 aliphatic carbocycles. The molecular weight excluding hydrogens is 344 g/mol. The number of ketones is 1. The molecule has 0 N–H and O–H groups in total. The smallest absolute Gasteiger partial charge is 0.173 e. The van der Waals surface area contributed by atoms with Crippen molar-refractivity contribution < 1.29 is 9.53 Å². The molecule has 4 nitrogen and oxygen atoms in total. The number of nitrogens with zero attached hydrogens (tertiary/aromatic N) is 2. The molecular formula is C21H30N2O2S. The van der Waals surface area contributed by atoms with Gasteiger partial charge in [-0.2, -0.15) is 0 Å². The van der Waals surface area contributed by atoms with E-state index in [1.807, 2.05) is 0 Å². The van der Waals surface area contributed by atoms with Crippen molar-refractivity contribution in [2.24, 2.45) is 5.41 Å². The van der Waals surface area contributed by atoms with Crippen LogP contribution in [0.4, 0.5) is 5.00 Å². The van der Waals surface area contributed by atoms with E-state index >= 15 is 0 Å². The molecule has 0 amide bonds. The summed E-state index contributed by atoms with van der Waals surface area (Å²) in [5, 5.41) is 1.18. The maximum Gasteiger partial charge on any atom is 0.173 e. The maximum atomic E-state index is 12.7. The van der Waals surface area contributed by atoms with Gasteiger partial charge in [-0.25, -0.2) is 0 Å². The van der Waals surface area contributed by atoms with Gasteiger partial charge >= 0.3 is 0 Å². The molecule has 2 aliphatic rings. The largest absolute Gasteiger partial charge is 0.378 e. The van der Waals surface area contributed by atoms with Crippen molar-refractivity contribution in [3.05, 3.63) is 16.0 Å². The second-order valence-corrected chi connectivity index (χ2v) is 8.89. The van der Waals surface area contributed by atoms with Gasteiger partial charge in [-0.1, -0.05) is 39.5 Å². The Labute approximate surface area is 161 Å². The lowest BCUT2D eigenvalue weighted by molar-refractivity contribution is 0.0917. The minimum absolute atomic E-state index is 0.0166. The molecule has 3 rings (SSSR count). The van der Waals surface area contributed by atoms with Crippen LogP contribution in [-0.4, -0.2) is 56.6 Å². The van der Waals surface area contributed by atoms with Gasteiger partial charge in [0.15, 0.2) is 5.78 Å². The molecule has 1 saturated heterocycles. The Morgan fingerprint density at radius 1 is 1.19 bits per heavy atom. The highest BCUT2D eigenvalue weighted by Crippen LogP contribution is 2.44. The normalized spacial score (nSPS) is 19.3. The summed E-state index contributed by atoms with van der Waals surface area (Å²) in [5.41, 5.74) is 2.30. The number of thiophene rings is 1. The van der Waals surface area contributed by atoms with Gasteiger partial charge in [0.1, 0.15) is 5.00 Å². The van der Waals surface area contributed by atoms with Crippen molar-refractivity contribution in [1.82, 2.24) is 4.90 Å². The summed E-state index contributed by atoms with van der Waals surface area (Å²) in [6.45, 7) is 14.7. The molecule has 0 spiro atoms. The van der Waals surface area contributed by atoms with Gasteiger partial charge in [0, 0.05) is 19.5 Å². The third-order valence-electron chi connectivity index (χ3n) is 5.24. The number of Topliss-reactive ketones (excluding diaryl/α,β-unsaturated/α-hetero) is 1. The molecule has 0 saturated carbocycles. The molecule has 0 radical (unpaired) electrons. The Morgan fingerprint density at radius 2 is 1.88 bits per heavy atom. The van der Waals surface area contributed by atoms with Crippen LogP contribution < -0.4 is 4.90 Å². The predicted molar refractivity (Wildman–Crippen MR) is 108 cm³/mol. The molecule has 0 bridgehead atoms. The van der Waals surface area contributed by atoms with Crippen LogP contribution in [0.25, 0.3) is 0 Å². The fourth-order valence-electron chi connectivity index (χ4n) is 3.71. The third-order valence-corrected chi connectivity index (χ3v) is 6.58. The number of carbonyl (C=O) groups is 1. The second-order valence-electron chi connectivity index (χ2n) is 7.89. The van der Waals surface area contributed by atoms with E-state index in [4.69, 9.17) is 4.74 Å². The molecule has 26 heavy (non-hydrogen) atoms. The van der Waals surface area contributed by atoms with Crippen molar-refractivity contribution in [3.63, 3.8) is 0 Å². The highest BCUT2D eigenvalue weighted by molar-refractivity contribution is 7.18. The molecule has 5 heteroatoms. The first kappa shape index (κ1) is 19.4. The Morgan fingerprint density at radius 3 is 2.54 bits per heavy atom. The summed E-state index contributed by atoms with van der Waals surface area (Å²) in [4.78, 5) is 18.3. The van der Waals surface area contributed by atoms with E-state index in [-0.39, 0.29) is 11.2 Å². The first-order valence-corrected chi connectivity index (χ1v) is 10.5. The number of rotatable bonds is 4. The highest BCUT2D eigenvalue weighted by Gasteiger charge is 2.36. The van der Waals surface area contributed by atoms with E-state index in [1.165, 1.54) is 10.6 Å². The topological polar surface area (TPSA) is 32.8 Å². The summed E-state index contributed by atoms with van der Waals surface area (Å²) < 4.78 is 5.51. The average molecular weight is 375 g/mol. The van der Waals surface area contributed by atoms with E-state index in [0.29, 0.717) is 6.42 Å². The fourth-order valence-corrected chi connectivity index (χ4v) is 4.97. The zero-order valence-corrected chi connectivity index (χ0v) is 17.3. The van der Waals surface area contributed by atoms with Crippen LogP contribution in [0.5, 0.6) is 0 Å². The minimum atomic E-state index is 0.0166. The first-order chi connectivity index (χ1) is 12.4. The maximum absolute atomic E-state index is 12.7. The number of hydrogen-bond donors (Lipinski definition) is 0. The standard InChI is InChI=1S/C21H30N2O2S/c1-5-22(6-2)9-7-8-16-17-14-21(3,4)15-18(24)19(17)26-20(16)23-10-12-25-13-11-23/h5-6,9-15H2,1-4H3. The highest BCUT2D eigenvalue weighted by atomic mass is 32.1. The summed E-state index contributed by atoms with van der Waals surface area (Å²) in [6, 6.07) is 0. The van der Waals surface area contributed by atoms with Crippen molar-refractivity contribution in [1.29, 1.82) is 0 Å².